The van der Waals surface area contributed by atoms with Crippen LogP contribution in [0.1, 0.15) is 11.4 Å². The van der Waals surface area contributed by atoms with Gasteiger partial charge in [-0.2, -0.15) is 0 Å². The highest BCUT2D eigenvalue weighted by Crippen LogP contribution is 2.35. The van der Waals surface area contributed by atoms with E-state index in [-0.39, 0.29) is 0 Å². The summed E-state index contributed by atoms with van der Waals surface area (Å²) in [6.07, 6.45) is 0. The minimum Gasteiger partial charge on any atom is -0.496 e. The molecule has 1 aromatic heterocycles. The minimum atomic E-state index is 0.702. The van der Waals surface area contributed by atoms with Crippen molar-refractivity contribution in [2.75, 3.05) is 26.6 Å². The Kier molecular flexibility index (Phi) is 4.08. The molecule has 0 aliphatic rings. The van der Waals surface area contributed by atoms with Gasteiger partial charge < -0.3 is 14.8 Å². The number of hydrogen-bond donors (Lipinski definition) is 1. The van der Waals surface area contributed by atoms with E-state index in [0.717, 1.165) is 34.1 Å². The van der Waals surface area contributed by atoms with Gasteiger partial charge in [0.1, 0.15) is 23.1 Å². The summed E-state index contributed by atoms with van der Waals surface area (Å²) < 4.78 is 10.8. The quantitative estimate of drug-likeness (QED) is 0.928. The van der Waals surface area contributed by atoms with Gasteiger partial charge in [-0.3, -0.25) is 0 Å². The van der Waals surface area contributed by atoms with Gasteiger partial charge in [-0.25, -0.2) is 9.97 Å². The maximum absolute atomic E-state index is 5.46. The van der Waals surface area contributed by atoms with Crippen LogP contribution < -0.4 is 14.8 Å². The lowest BCUT2D eigenvalue weighted by Crippen LogP contribution is -2.00. The number of nitrogens with one attached hydrogen (secondary N) is 1. The molecule has 106 valence electrons. The number of anilines is 1. The van der Waals surface area contributed by atoms with E-state index in [2.05, 4.69) is 15.3 Å². The maximum Gasteiger partial charge on any atom is 0.130 e. The highest BCUT2D eigenvalue weighted by Gasteiger charge is 2.13. The van der Waals surface area contributed by atoms with Gasteiger partial charge in [-0.1, -0.05) is 0 Å². The molecule has 0 saturated heterocycles. The number of hydrogen-bond acceptors (Lipinski definition) is 5. The second kappa shape index (κ2) is 5.77. The molecule has 1 aromatic carbocycles. The first kappa shape index (κ1) is 14.1. The van der Waals surface area contributed by atoms with Crippen molar-refractivity contribution in [3.8, 4) is 22.8 Å². The standard InChI is InChI=1S/C15H19N3O2/c1-9-6-14(20-5)11(7-13(9)19-4)12-8-15(16-3)18-10(2)17-12/h6-8H,1-5H3,(H,16,17,18). The largest absolute Gasteiger partial charge is 0.496 e. The summed E-state index contributed by atoms with van der Waals surface area (Å²) >= 11 is 0. The molecular weight excluding hydrogens is 254 g/mol. The molecular formula is C15H19N3O2. The first-order chi connectivity index (χ1) is 9.58. The first-order valence-electron chi connectivity index (χ1n) is 6.35. The van der Waals surface area contributed by atoms with Crippen molar-refractivity contribution in [3.05, 3.63) is 29.6 Å². The summed E-state index contributed by atoms with van der Waals surface area (Å²) in [6, 6.07) is 5.78. The number of rotatable bonds is 4. The fraction of sp³-hybridized carbons (Fsp3) is 0.333. The van der Waals surface area contributed by atoms with E-state index in [1.165, 1.54) is 0 Å². The van der Waals surface area contributed by atoms with Crippen LogP contribution in [0, 0.1) is 13.8 Å². The van der Waals surface area contributed by atoms with Crippen molar-refractivity contribution in [1.29, 1.82) is 0 Å². The zero-order valence-corrected chi connectivity index (χ0v) is 12.4. The molecule has 0 amide bonds. The number of nitrogens with zero attached hydrogens (tertiary/aromatic N) is 2. The Hall–Kier alpha value is -2.30. The molecule has 0 radical (unpaired) electrons. The second-order valence-electron chi connectivity index (χ2n) is 4.46. The SMILES string of the molecule is CNc1cc(-c2cc(OC)c(C)cc2OC)nc(C)n1. The predicted octanol–water partition coefficient (Wildman–Crippen LogP) is 2.82. The Bertz CT molecular complexity index is 627. The Morgan fingerprint density at radius 2 is 1.65 bits per heavy atom. The average molecular weight is 273 g/mol. The van der Waals surface area contributed by atoms with E-state index in [4.69, 9.17) is 9.47 Å². The lowest BCUT2D eigenvalue weighted by atomic mass is 10.1. The van der Waals surface area contributed by atoms with Crippen LogP contribution in [0.3, 0.4) is 0 Å². The van der Waals surface area contributed by atoms with Crippen molar-refractivity contribution < 1.29 is 9.47 Å². The van der Waals surface area contributed by atoms with Gasteiger partial charge in [0, 0.05) is 18.7 Å². The van der Waals surface area contributed by atoms with Gasteiger partial charge in [-0.15, -0.1) is 0 Å². The molecule has 0 spiro atoms. The average Bonchev–Trinajstić information content (AvgIpc) is 2.46. The van der Waals surface area contributed by atoms with Crippen LogP contribution >= 0.6 is 0 Å². The molecule has 0 saturated carbocycles. The van der Waals surface area contributed by atoms with Gasteiger partial charge in [0.25, 0.3) is 0 Å². The van der Waals surface area contributed by atoms with E-state index in [1.807, 2.05) is 39.1 Å². The molecule has 0 unspecified atom stereocenters. The highest BCUT2D eigenvalue weighted by atomic mass is 16.5. The fourth-order valence-electron chi connectivity index (χ4n) is 2.08. The first-order valence-corrected chi connectivity index (χ1v) is 6.35. The summed E-state index contributed by atoms with van der Waals surface area (Å²) in [5, 5.41) is 3.03. The summed E-state index contributed by atoms with van der Waals surface area (Å²) in [6.45, 7) is 3.84. The Morgan fingerprint density at radius 1 is 0.950 bits per heavy atom. The molecule has 2 aromatic rings. The summed E-state index contributed by atoms with van der Waals surface area (Å²) in [5.74, 6) is 3.05. The molecule has 1 heterocycles. The van der Waals surface area contributed by atoms with Crippen LogP contribution in [0.15, 0.2) is 18.2 Å². The molecule has 0 fully saturated rings. The lowest BCUT2D eigenvalue weighted by molar-refractivity contribution is 0.401. The van der Waals surface area contributed by atoms with E-state index in [1.54, 1.807) is 14.2 Å². The van der Waals surface area contributed by atoms with E-state index in [0.29, 0.717) is 5.82 Å². The maximum atomic E-state index is 5.46. The number of methoxy groups -OCH3 is 2. The van der Waals surface area contributed by atoms with Gasteiger partial charge in [-0.05, 0) is 31.5 Å². The Labute approximate surface area is 119 Å². The number of aryl methyl sites for hydroxylation is 2. The molecule has 20 heavy (non-hydrogen) atoms. The Balaban J connectivity index is 2.64. The molecule has 5 heteroatoms. The van der Waals surface area contributed by atoms with Crippen molar-refractivity contribution in [1.82, 2.24) is 9.97 Å². The molecule has 0 aliphatic heterocycles. The third kappa shape index (κ3) is 2.66. The van der Waals surface area contributed by atoms with E-state index >= 15 is 0 Å². The van der Waals surface area contributed by atoms with E-state index in [9.17, 15) is 0 Å². The zero-order valence-electron chi connectivity index (χ0n) is 12.4. The van der Waals surface area contributed by atoms with E-state index < -0.39 is 0 Å². The van der Waals surface area contributed by atoms with Crippen molar-refractivity contribution in [2.45, 2.75) is 13.8 Å². The van der Waals surface area contributed by atoms with Gasteiger partial charge in [0.2, 0.25) is 0 Å². The third-order valence-electron chi connectivity index (χ3n) is 3.09. The number of aromatic nitrogens is 2. The predicted molar refractivity (Wildman–Crippen MR) is 79.6 cm³/mol. The third-order valence-corrected chi connectivity index (χ3v) is 3.09. The molecule has 0 aliphatic carbocycles. The highest BCUT2D eigenvalue weighted by molar-refractivity contribution is 5.72. The normalized spacial score (nSPS) is 10.2. The van der Waals surface area contributed by atoms with Crippen LogP contribution in [-0.2, 0) is 0 Å². The summed E-state index contributed by atoms with van der Waals surface area (Å²) in [5.41, 5.74) is 2.71. The van der Waals surface area contributed by atoms with Gasteiger partial charge >= 0.3 is 0 Å². The monoisotopic (exact) mass is 273 g/mol. The topological polar surface area (TPSA) is 56.3 Å². The van der Waals surface area contributed by atoms with Crippen molar-refractivity contribution in [2.24, 2.45) is 0 Å². The summed E-state index contributed by atoms with van der Waals surface area (Å²) in [4.78, 5) is 8.78. The summed E-state index contributed by atoms with van der Waals surface area (Å²) in [7, 11) is 5.14. The molecule has 2 rings (SSSR count). The molecule has 0 atom stereocenters. The molecule has 1 N–H and O–H groups in total. The number of benzene rings is 1. The fourth-order valence-corrected chi connectivity index (χ4v) is 2.08. The van der Waals surface area contributed by atoms with Crippen LogP contribution in [0.25, 0.3) is 11.3 Å². The van der Waals surface area contributed by atoms with Crippen LogP contribution in [0.4, 0.5) is 5.82 Å². The zero-order chi connectivity index (χ0) is 14.7. The van der Waals surface area contributed by atoms with Gasteiger partial charge in [0.05, 0.1) is 19.9 Å². The smallest absolute Gasteiger partial charge is 0.130 e. The van der Waals surface area contributed by atoms with Crippen LogP contribution in [0.5, 0.6) is 11.5 Å². The lowest BCUT2D eigenvalue weighted by Gasteiger charge is -2.13. The van der Waals surface area contributed by atoms with Crippen molar-refractivity contribution >= 4 is 5.82 Å². The minimum absolute atomic E-state index is 0.702. The van der Waals surface area contributed by atoms with Crippen molar-refractivity contribution in [3.63, 3.8) is 0 Å². The second-order valence-corrected chi connectivity index (χ2v) is 4.46. The Morgan fingerprint density at radius 3 is 2.25 bits per heavy atom. The molecule has 0 bridgehead atoms. The number of ether oxygens (including phenoxy) is 2. The van der Waals surface area contributed by atoms with Crippen LogP contribution in [0.2, 0.25) is 0 Å². The van der Waals surface area contributed by atoms with Gasteiger partial charge in [0.15, 0.2) is 0 Å². The molecule has 5 nitrogen and oxygen atoms in total. The van der Waals surface area contributed by atoms with Crippen LogP contribution in [-0.4, -0.2) is 31.2 Å².